The van der Waals surface area contributed by atoms with E-state index in [4.69, 9.17) is 0 Å². The van der Waals surface area contributed by atoms with Crippen molar-refractivity contribution in [2.75, 3.05) is 24.5 Å². The zero-order chi connectivity index (χ0) is 23.2. The summed E-state index contributed by atoms with van der Waals surface area (Å²) in [5.74, 6) is -0.482. The van der Waals surface area contributed by atoms with Gasteiger partial charge in [-0.05, 0) is 78.8 Å². The molecule has 0 atom stereocenters. The molecule has 1 amide bonds. The summed E-state index contributed by atoms with van der Waals surface area (Å²) >= 11 is 0. The number of piperidine rings is 1. The van der Waals surface area contributed by atoms with E-state index in [1.54, 1.807) is 17.0 Å². The second-order valence-electron chi connectivity index (χ2n) is 9.01. The van der Waals surface area contributed by atoms with Gasteiger partial charge in [0.1, 0.15) is 5.82 Å². The number of amides is 1. The molecule has 1 fully saturated rings. The zero-order valence-electron chi connectivity index (χ0n) is 18.6. The molecule has 33 heavy (non-hydrogen) atoms. The van der Waals surface area contributed by atoms with E-state index in [1.807, 2.05) is 37.3 Å². The van der Waals surface area contributed by atoms with Gasteiger partial charge in [-0.3, -0.25) is 4.79 Å². The van der Waals surface area contributed by atoms with Crippen LogP contribution in [-0.2, 0) is 21.2 Å². The van der Waals surface area contributed by atoms with Crippen LogP contribution in [0.1, 0.15) is 30.4 Å². The second kappa shape index (κ2) is 8.54. The molecule has 2 aliphatic rings. The number of fused-ring (bicyclic) bond motifs is 2. The molecule has 7 heteroatoms. The van der Waals surface area contributed by atoms with E-state index in [9.17, 15) is 17.6 Å². The largest absolute Gasteiger partial charge is 0.312 e. The van der Waals surface area contributed by atoms with Crippen LogP contribution in [0, 0.1) is 18.7 Å². The molecular formula is C26H27FN2O3S. The molecule has 0 aliphatic carbocycles. The molecule has 0 radical (unpaired) electrons. The fraction of sp³-hybridized carbons (Fsp3) is 0.346. The van der Waals surface area contributed by atoms with Crippen molar-refractivity contribution in [3.8, 4) is 0 Å². The van der Waals surface area contributed by atoms with Gasteiger partial charge in [-0.2, -0.15) is 4.31 Å². The average molecular weight is 467 g/mol. The van der Waals surface area contributed by atoms with Crippen molar-refractivity contribution < 1.29 is 17.6 Å². The maximum absolute atomic E-state index is 13.9. The smallest absolute Gasteiger partial charge is 0.243 e. The highest BCUT2D eigenvalue weighted by Gasteiger charge is 2.35. The first-order valence-corrected chi connectivity index (χ1v) is 12.9. The standard InChI is InChI=1S/C26H27FN2O3S/c1-18-15-23(27)16-22-7-4-12-29(25(18)22)26(30)20-10-13-28(14-11-20)33(31,32)24-9-8-19-5-2-3-6-21(19)17-24/h2-3,5-6,8-9,15-17,20H,4,7,10-14H2,1H3. The van der Waals surface area contributed by atoms with E-state index < -0.39 is 10.0 Å². The molecule has 0 N–H and O–H groups in total. The van der Waals surface area contributed by atoms with Gasteiger partial charge in [-0.15, -0.1) is 0 Å². The summed E-state index contributed by atoms with van der Waals surface area (Å²) in [5, 5.41) is 1.89. The van der Waals surface area contributed by atoms with E-state index in [1.165, 1.54) is 16.4 Å². The van der Waals surface area contributed by atoms with E-state index in [0.29, 0.717) is 32.5 Å². The number of benzene rings is 3. The summed E-state index contributed by atoms with van der Waals surface area (Å²) in [4.78, 5) is 15.5. The summed E-state index contributed by atoms with van der Waals surface area (Å²) in [6, 6.07) is 15.9. The number of sulfonamides is 1. The predicted molar refractivity (Wildman–Crippen MR) is 127 cm³/mol. The van der Waals surface area contributed by atoms with E-state index in [2.05, 4.69) is 0 Å². The third-order valence-electron chi connectivity index (χ3n) is 6.87. The monoisotopic (exact) mass is 466 g/mol. The second-order valence-corrected chi connectivity index (χ2v) is 10.9. The minimum absolute atomic E-state index is 0.0217. The lowest BCUT2D eigenvalue weighted by Crippen LogP contribution is -2.46. The van der Waals surface area contributed by atoms with Crippen LogP contribution in [0.25, 0.3) is 10.8 Å². The molecule has 2 heterocycles. The Morgan fingerprint density at radius 1 is 0.970 bits per heavy atom. The predicted octanol–water partition coefficient (Wildman–Crippen LogP) is 4.67. The molecule has 3 aromatic rings. The maximum Gasteiger partial charge on any atom is 0.243 e. The van der Waals surface area contributed by atoms with Crippen LogP contribution in [0.3, 0.4) is 0 Å². The Balaban J connectivity index is 1.32. The Kier molecular flexibility index (Phi) is 5.70. The topological polar surface area (TPSA) is 57.7 Å². The number of aryl methyl sites for hydroxylation is 2. The van der Waals surface area contributed by atoms with Crippen LogP contribution in [0.5, 0.6) is 0 Å². The lowest BCUT2D eigenvalue weighted by atomic mass is 9.92. The molecule has 0 saturated carbocycles. The zero-order valence-corrected chi connectivity index (χ0v) is 19.4. The van der Waals surface area contributed by atoms with Gasteiger partial charge in [0.25, 0.3) is 0 Å². The van der Waals surface area contributed by atoms with Gasteiger partial charge in [-0.25, -0.2) is 12.8 Å². The highest BCUT2D eigenvalue weighted by Crippen LogP contribution is 2.34. The van der Waals surface area contributed by atoms with Crippen LogP contribution >= 0.6 is 0 Å². The summed E-state index contributed by atoms with van der Waals surface area (Å²) < 4.78 is 41.8. The summed E-state index contributed by atoms with van der Waals surface area (Å²) in [6.45, 7) is 3.09. The molecule has 0 bridgehead atoms. The Morgan fingerprint density at radius 2 is 1.70 bits per heavy atom. The lowest BCUT2D eigenvalue weighted by molar-refractivity contribution is -0.123. The summed E-state index contributed by atoms with van der Waals surface area (Å²) in [7, 11) is -3.62. The molecule has 2 aliphatic heterocycles. The van der Waals surface area contributed by atoms with Gasteiger partial charge in [0.05, 0.1) is 4.90 Å². The Bertz CT molecular complexity index is 1330. The van der Waals surface area contributed by atoms with Crippen LogP contribution in [-0.4, -0.2) is 38.3 Å². The van der Waals surface area contributed by atoms with Crippen molar-refractivity contribution in [2.24, 2.45) is 5.92 Å². The number of carbonyl (C=O) groups excluding carboxylic acids is 1. The highest BCUT2D eigenvalue weighted by atomic mass is 32.2. The van der Waals surface area contributed by atoms with Crippen molar-refractivity contribution in [2.45, 2.75) is 37.5 Å². The Morgan fingerprint density at radius 3 is 2.45 bits per heavy atom. The average Bonchev–Trinajstić information content (AvgIpc) is 2.82. The van der Waals surface area contributed by atoms with Crippen LogP contribution in [0.2, 0.25) is 0 Å². The van der Waals surface area contributed by atoms with Crippen LogP contribution in [0.15, 0.2) is 59.5 Å². The third-order valence-corrected chi connectivity index (χ3v) is 8.76. The molecule has 5 rings (SSSR count). The fourth-order valence-electron chi connectivity index (χ4n) is 5.18. The molecule has 0 unspecified atom stereocenters. The number of halogens is 1. The van der Waals surface area contributed by atoms with Crippen molar-refractivity contribution in [3.63, 3.8) is 0 Å². The van der Waals surface area contributed by atoms with Crippen LogP contribution < -0.4 is 4.90 Å². The molecular weight excluding hydrogens is 439 g/mol. The SMILES string of the molecule is Cc1cc(F)cc2c1N(C(=O)C1CCN(S(=O)(=O)c3ccc4ccccc4c3)CC1)CCC2. The van der Waals surface area contributed by atoms with Gasteiger partial charge in [-0.1, -0.05) is 30.3 Å². The lowest BCUT2D eigenvalue weighted by Gasteiger charge is -2.36. The number of rotatable bonds is 3. The fourth-order valence-corrected chi connectivity index (χ4v) is 6.69. The highest BCUT2D eigenvalue weighted by molar-refractivity contribution is 7.89. The molecule has 172 valence electrons. The van der Waals surface area contributed by atoms with Gasteiger partial charge >= 0.3 is 0 Å². The summed E-state index contributed by atoms with van der Waals surface area (Å²) in [6.07, 6.45) is 2.53. The number of nitrogens with zero attached hydrogens (tertiary/aromatic N) is 2. The van der Waals surface area contributed by atoms with Gasteiger partial charge < -0.3 is 4.90 Å². The van der Waals surface area contributed by atoms with Crippen molar-refractivity contribution in [3.05, 3.63) is 71.5 Å². The Hall–Kier alpha value is -2.77. The molecule has 0 spiro atoms. The van der Waals surface area contributed by atoms with E-state index in [0.717, 1.165) is 40.4 Å². The van der Waals surface area contributed by atoms with Gasteiger partial charge in [0.15, 0.2) is 0 Å². The normalized spacial score (nSPS) is 17.8. The maximum atomic E-state index is 13.9. The van der Waals surface area contributed by atoms with Crippen molar-refractivity contribution in [1.29, 1.82) is 0 Å². The van der Waals surface area contributed by atoms with Gasteiger partial charge in [0, 0.05) is 31.2 Å². The third kappa shape index (κ3) is 4.04. The number of anilines is 1. The number of carbonyl (C=O) groups is 1. The Labute approximate surface area is 193 Å². The molecule has 3 aromatic carbocycles. The van der Waals surface area contributed by atoms with Crippen molar-refractivity contribution in [1.82, 2.24) is 4.31 Å². The van der Waals surface area contributed by atoms with Crippen LogP contribution in [0.4, 0.5) is 10.1 Å². The minimum Gasteiger partial charge on any atom is -0.312 e. The summed E-state index contributed by atoms with van der Waals surface area (Å²) in [5.41, 5.74) is 2.48. The van der Waals surface area contributed by atoms with Gasteiger partial charge in [0.2, 0.25) is 15.9 Å². The molecule has 0 aromatic heterocycles. The molecule has 5 nitrogen and oxygen atoms in total. The first kappa shape index (κ1) is 22.0. The first-order chi connectivity index (χ1) is 15.8. The number of hydrogen-bond donors (Lipinski definition) is 0. The molecule has 1 saturated heterocycles. The first-order valence-electron chi connectivity index (χ1n) is 11.4. The minimum atomic E-state index is -3.62. The van der Waals surface area contributed by atoms with E-state index >= 15 is 0 Å². The number of hydrogen-bond acceptors (Lipinski definition) is 3. The quantitative estimate of drug-likeness (QED) is 0.564. The van der Waals surface area contributed by atoms with Crippen molar-refractivity contribution >= 4 is 32.4 Å². The van der Waals surface area contributed by atoms with E-state index in [-0.39, 0.29) is 22.5 Å².